The van der Waals surface area contributed by atoms with E-state index >= 15 is 0 Å². The molecule has 0 saturated heterocycles. The Kier molecular flexibility index (Phi) is 7.53. The first-order valence-electron chi connectivity index (χ1n) is 8.71. The summed E-state index contributed by atoms with van der Waals surface area (Å²) in [5, 5.41) is 3.38. The Morgan fingerprint density at radius 1 is 1.39 bits per heavy atom. The van der Waals surface area contributed by atoms with Crippen LogP contribution in [0.15, 0.2) is 24.3 Å². The molecule has 0 fully saturated rings. The molecule has 0 radical (unpaired) electrons. The van der Waals surface area contributed by atoms with Crippen molar-refractivity contribution in [3.63, 3.8) is 0 Å². The molecule has 2 heterocycles. The quantitative estimate of drug-likeness (QED) is 0.510. The van der Waals surface area contributed by atoms with E-state index in [0.717, 1.165) is 56.5 Å². The second-order valence-electron chi connectivity index (χ2n) is 6.41. The molecule has 0 bridgehead atoms. The zero-order valence-electron chi connectivity index (χ0n) is 14.2. The van der Waals surface area contributed by atoms with Gasteiger partial charge in [-0.2, -0.15) is 0 Å². The number of ether oxygens (including phenoxy) is 1. The molecule has 0 aliphatic carbocycles. The Labute approximate surface area is 139 Å². The molecule has 0 aromatic carbocycles. The predicted octanol–water partition coefficient (Wildman–Crippen LogP) is 4.47. The van der Waals surface area contributed by atoms with Gasteiger partial charge in [0, 0.05) is 25.8 Å². The molecular weight excluding hydrogens is 291 g/mol. The molecule has 1 atom stereocenters. The van der Waals surface area contributed by atoms with Gasteiger partial charge in [-0.1, -0.05) is 24.6 Å². The average Bonchev–Trinajstić information content (AvgIpc) is 2.54. The molecule has 4 heteroatoms. The fourth-order valence-corrected chi connectivity index (χ4v) is 3.02. The van der Waals surface area contributed by atoms with Crippen LogP contribution < -0.4 is 5.32 Å². The van der Waals surface area contributed by atoms with E-state index in [1.54, 1.807) is 0 Å². The first-order valence-corrected chi connectivity index (χ1v) is 8.71. The Balaban J connectivity index is 1.61. The Morgan fingerprint density at radius 3 is 3.09 bits per heavy atom. The van der Waals surface area contributed by atoms with Gasteiger partial charge < -0.3 is 10.1 Å². The fraction of sp³-hybridized carbons (Fsp3) is 0.632. The molecule has 3 nitrogen and oxygen atoms in total. The lowest BCUT2D eigenvalue weighted by Crippen LogP contribution is -2.13. The van der Waals surface area contributed by atoms with Gasteiger partial charge in [-0.25, -0.2) is 9.37 Å². The van der Waals surface area contributed by atoms with Crippen molar-refractivity contribution in [3.05, 3.63) is 35.5 Å². The number of pyridine rings is 1. The van der Waals surface area contributed by atoms with Crippen molar-refractivity contribution in [2.24, 2.45) is 0 Å². The van der Waals surface area contributed by atoms with Crippen LogP contribution in [0.4, 0.5) is 10.2 Å². The molecule has 128 valence electrons. The first-order chi connectivity index (χ1) is 11.2. The molecule has 1 aliphatic heterocycles. The number of allylic oxidation sites excluding steroid dienone is 1. The Hall–Kier alpha value is -1.42. The van der Waals surface area contributed by atoms with Crippen LogP contribution in [0.25, 0.3) is 0 Å². The van der Waals surface area contributed by atoms with Crippen molar-refractivity contribution in [1.82, 2.24) is 4.98 Å². The van der Waals surface area contributed by atoms with Gasteiger partial charge in [0.2, 0.25) is 0 Å². The highest BCUT2D eigenvalue weighted by Crippen LogP contribution is 2.21. The summed E-state index contributed by atoms with van der Waals surface area (Å²) < 4.78 is 18.2. The third kappa shape index (κ3) is 6.30. The number of nitrogens with one attached hydrogen (secondary N) is 1. The lowest BCUT2D eigenvalue weighted by Gasteiger charge is -2.17. The van der Waals surface area contributed by atoms with Crippen LogP contribution in [-0.2, 0) is 17.6 Å². The van der Waals surface area contributed by atoms with Gasteiger partial charge in [0.1, 0.15) is 12.0 Å². The van der Waals surface area contributed by atoms with Crippen molar-refractivity contribution in [2.45, 2.75) is 57.5 Å². The lowest BCUT2D eigenvalue weighted by atomic mass is 10.0. The number of fused-ring (bicyclic) bond motifs is 1. The molecule has 1 aliphatic rings. The van der Waals surface area contributed by atoms with Gasteiger partial charge >= 0.3 is 0 Å². The minimum Gasteiger partial charge on any atom is -0.382 e. The van der Waals surface area contributed by atoms with Crippen LogP contribution in [0, 0.1) is 0 Å². The van der Waals surface area contributed by atoms with E-state index in [9.17, 15) is 4.39 Å². The third-order valence-corrected chi connectivity index (χ3v) is 4.27. The number of aryl methyl sites for hydroxylation is 2. The van der Waals surface area contributed by atoms with E-state index in [1.165, 1.54) is 24.8 Å². The predicted molar refractivity (Wildman–Crippen MR) is 93.7 cm³/mol. The molecule has 0 saturated carbocycles. The molecule has 1 aromatic heterocycles. The summed E-state index contributed by atoms with van der Waals surface area (Å²) in [4.78, 5) is 4.71. The van der Waals surface area contributed by atoms with Gasteiger partial charge in [0.15, 0.2) is 0 Å². The van der Waals surface area contributed by atoms with Crippen LogP contribution in [0.2, 0.25) is 0 Å². The van der Waals surface area contributed by atoms with Crippen LogP contribution in [0.5, 0.6) is 0 Å². The molecular formula is C19H29FN2O. The number of rotatable bonds is 10. The van der Waals surface area contributed by atoms with Crippen molar-refractivity contribution in [3.8, 4) is 0 Å². The third-order valence-electron chi connectivity index (χ3n) is 4.27. The summed E-state index contributed by atoms with van der Waals surface area (Å²) in [5.41, 5.74) is 3.50. The lowest BCUT2D eigenvalue weighted by molar-refractivity contribution is 0.123. The van der Waals surface area contributed by atoms with Gasteiger partial charge in [-0.05, 0) is 50.2 Å². The normalized spacial score (nSPS) is 14.9. The maximum Gasteiger partial charge on any atom is 0.129 e. The zero-order chi connectivity index (χ0) is 16.5. The fourth-order valence-electron chi connectivity index (χ4n) is 3.02. The van der Waals surface area contributed by atoms with E-state index < -0.39 is 6.17 Å². The summed E-state index contributed by atoms with van der Waals surface area (Å²) >= 11 is 0. The number of hydrogen-bond acceptors (Lipinski definition) is 3. The van der Waals surface area contributed by atoms with Crippen molar-refractivity contribution in [1.29, 1.82) is 0 Å². The molecule has 0 unspecified atom stereocenters. The van der Waals surface area contributed by atoms with Crippen molar-refractivity contribution >= 4 is 5.82 Å². The maximum absolute atomic E-state index is 13.4. The number of nitrogens with zero attached hydrogens (tertiary/aromatic N) is 1. The second kappa shape index (κ2) is 9.66. The summed E-state index contributed by atoms with van der Waals surface area (Å²) in [6.45, 7) is 5.16. The largest absolute Gasteiger partial charge is 0.382 e. The van der Waals surface area contributed by atoms with E-state index in [1.807, 2.05) is 0 Å². The van der Waals surface area contributed by atoms with Gasteiger partial charge in [-0.3, -0.25) is 0 Å². The minimum absolute atomic E-state index is 0.164. The molecule has 2 rings (SSSR count). The Morgan fingerprint density at radius 2 is 2.26 bits per heavy atom. The van der Waals surface area contributed by atoms with Crippen LogP contribution in [0.3, 0.4) is 0 Å². The Bertz CT molecular complexity index is 504. The number of alkyl halides is 1. The number of methoxy groups -OCH3 is 1. The molecule has 1 aromatic rings. The smallest absolute Gasteiger partial charge is 0.129 e. The standard InChI is InChI=1S/C19H29FN2O/c1-15(13-17(20)14-23-2)7-4-3-5-9-18-11-10-16-8-6-12-21-19(16)22-18/h10-11,17H,1,3-9,12-14H2,2H3,(H,21,22)/t17-/m0/s1. The summed E-state index contributed by atoms with van der Waals surface area (Å²) in [6, 6.07) is 4.37. The van der Waals surface area contributed by atoms with Gasteiger partial charge in [0.25, 0.3) is 0 Å². The van der Waals surface area contributed by atoms with Crippen molar-refractivity contribution in [2.75, 3.05) is 25.6 Å². The average molecular weight is 320 g/mol. The summed E-state index contributed by atoms with van der Waals surface area (Å²) in [6.07, 6.45) is 7.08. The number of anilines is 1. The second-order valence-corrected chi connectivity index (χ2v) is 6.41. The van der Waals surface area contributed by atoms with Crippen molar-refractivity contribution < 1.29 is 9.13 Å². The maximum atomic E-state index is 13.4. The zero-order valence-corrected chi connectivity index (χ0v) is 14.2. The number of hydrogen-bond donors (Lipinski definition) is 1. The first kappa shape index (κ1) is 17.9. The van der Waals surface area contributed by atoms with E-state index in [4.69, 9.17) is 9.72 Å². The summed E-state index contributed by atoms with van der Waals surface area (Å²) in [5.74, 6) is 1.08. The highest BCUT2D eigenvalue weighted by molar-refractivity contribution is 5.46. The molecule has 23 heavy (non-hydrogen) atoms. The van der Waals surface area contributed by atoms with Crippen LogP contribution >= 0.6 is 0 Å². The van der Waals surface area contributed by atoms with Crippen LogP contribution in [0.1, 0.15) is 49.8 Å². The molecule has 0 amide bonds. The van der Waals surface area contributed by atoms with Gasteiger partial charge in [0.05, 0.1) is 6.61 Å². The number of unbranched alkanes of at least 4 members (excludes halogenated alkanes) is 2. The van der Waals surface area contributed by atoms with Gasteiger partial charge in [-0.15, -0.1) is 0 Å². The number of halogens is 1. The van der Waals surface area contributed by atoms with E-state index in [0.29, 0.717) is 6.42 Å². The topological polar surface area (TPSA) is 34.2 Å². The highest BCUT2D eigenvalue weighted by Gasteiger charge is 2.10. The van der Waals surface area contributed by atoms with Crippen LogP contribution in [-0.4, -0.2) is 31.4 Å². The highest BCUT2D eigenvalue weighted by atomic mass is 19.1. The summed E-state index contributed by atoms with van der Waals surface area (Å²) in [7, 11) is 1.53. The molecule has 0 spiro atoms. The number of aromatic nitrogens is 1. The molecule has 1 N–H and O–H groups in total. The van der Waals surface area contributed by atoms with E-state index in [-0.39, 0.29) is 6.61 Å². The van der Waals surface area contributed by atoms with E-state index in [2.05, 4.69) is 24.0 Å². The SMILES string of the molecule is C=C(CCCCCc1ccc2c(n1)NCCC2)C[C@H](F)COC. The minimum atomic E-state index is -0.917. The monoisotopic (exact) mass is 320 g/mol.